The molecule has 1 atom stereocenters. The Kier molecular flexibility index (Phi) is 7.70. The number of fused-ring (bicyclic) bond motifs is 2. The number of allylic oxidation sites excluding steroid dienone is 1. The molecule has 1 aromatic heterocycles. The molecule has 0 bridgehead atoms. The first-order valence-electron chi connectivity index (χ1n) is 14.0. The smallest absolute Gasteiger partial charge is 0.318 e. The van der Waals surface area contributed by atoms with E-state index in [4.69, 9.17) is 19.4 Å². The number of ether oxygens (including phenoxy) is 2. The molecule has 3 aliphatic rings. The minimum absolute atomic E-state index is 0.0230. The summed E-state index contributed by atoms with van der Waals surface area (Å²) in [5, 5.41) is 12.6. The quantitative estimate of drug-likeness (QED) is 0.353. The maximum atomic E-state index is 10.8. The number of piperazine rings is 1. The van der Waals surface area contributed by atoms with Gasteiger partial charge < -0.3 is 34.2 Å². The highest BCUT2D eigenvalue weighted by Gasteiger charge is 2.29. The van der Waals surface area contributed by atoms with Crippen LogP contribution in [0.2, 0.25) is 0 Å². The highest BCUT2D eigenvalue weighted by Crippen LogP contribution is 2.36. The van der Waals surface area contributed by atoms with Gasteiger partial charge in [0.25, 0.3) is 0 Å². The number of phenols is 1. The van der Waals surface area contributed by atoms with E-state index in [0.29, 0.717) is 25.8 Å². The Balaban J connectivity index is 1.29. The van der Waals surface area contributed by atoms with Gasteiger partial charge in [-0.2, -0.15) is 9.97 Å². The predicted octanol–water partition coefficient (Wildman–Crippen LogP) is 2.44. The fourth-order valence-electron chi connectivity index (χ4n) is 5.83. The number of hydrogen-bond acceptors (Lipinski definition) is 10. The molecule has 10 heteroatoms. The van der Waals surface area contributed by atoms with Crippen molar-refractivity contribution in [2.75, 3.05) is 75.9 Å². The minimum atomic E-state index is -0.0230. The number of aromatic hydroxyl groups is 1. The molecule has 0 radical (unpaired) electrons. The summed E-state index contributed by atoms with van der Waals surface area (Å²) >= 11 is 0. The van der Waals surface area contributed by atoms with Crippen LogP contribution in [0.3, 0.4) is 0 Å². The van der Waals surface area contributed by atoms with E-state index in [0.717, 1.165) is 92.1 Å². The lowest BCUT2D eigenvalue weighted by atomic mass is 10.0. The summed E-state index contributed by atoms with van der Waals surface area (Å²) in [5.74, 6) is 1.19. The molecule has 0 aliphatic carbocycles. The van der Waals surface area contributed by atoms with Crippen molar-refractivity contribution in [3.8, 4) is 11.8 Å². The van der Waals surface area contributed by atoms with Crippen LogP contribution in [0.25, 0.3) is 10.8 Å². The molecule has 10 nitrogen and oxygen atoms in total. The van der Waals surface area contributed by atoms with Gasteiger partial charge in [-0.25, -0.2) is 0 Å². The summed E-state index contributed by atoms with van der Waals surface area (Å²) in [7, 11) is 2.09. The van der Waals surface area contributed by atoms with Crippen LogP contribution in [-0.2, 0) is 22.5 Å². The Bertz CT molecular complexity index is 1390. The Morgan fingerprint density at radius 2 is 1.93 bits per heavy atom. The molecular formula is C30H36N6O4. The Hall–Kier alpha value is -3.89. The van der Waals surface area contributed by atoms with E-state index in [1.165, 1.54) is 0 Å². The van der Waals surface area contributed by atoms with Gasteiger partial charge >= 0.3 is 6.01 Å². The highest BCUT2D eigenvalue weighted by atomic mass is 16.5. The van der Waals surface area contributed by atoms with Crippen LogP contribution >= 0.6 is 0 Å². The van der Waals surface area contributed by atoms with Gasteiger partial charge in [-0.3, -0.25) is 4.79 Å². The van der Waals surface area contributed by atoms with Crippen LogP contribution in [0.1, 0.15) is 11.3 Å². The Morgan fingerprint density at radius 3 is 2.75 bits per heavy atom. The van der Waals surface area contributed by atoms with Crippen LogP contribution in [-0.4, -0.2) is 103 Å². The molecule has 0 amide bonds. The van der Waals surface area contributed by atoms with Gasteiger partial charge in [0.2, 0.25) is 0 Å². The van der Waals surface area contributed by atoms with Crippen LogP contribution < -0.4 is 14.5 Å². The van der Waals surface area contributed by atoms with Crippen molar-refractivity contribution in [2.24, 2.45) is 0 Å². The molecule has 2 saturated heterocycles. The van der Waals surface area contributed by atoms with E-state index in [9.17, 15) is 9.90 Å². The summed E-state index contributed by atoms with van der Waals surface area (Å²) in [5.41, 5.74) is 3.10. The second kappa shape index (κ2) is 11.7. The molecule has 2 aromatic carbocycles. The van der Waals surface area contributed by atoms with Crippen molar-refractivity contribution in [1.29, 1.82) is 0 Å². The molecule has 1 N–H and O–H groups in total. The van der Waals surface area contributed by atoms with E-state index < -0.39 is 0 Å². The number of aromatic nitrogens is 2. The third-order valence-electron chi connectivity index (χ3n) is 7.92. The topological polar surface area (TPSA) is 94.5 Å². The third kappa shape index (κ3) is 5.68. The average Bonchev–Trinajstić information content (AvgIpc) is 2.98. The predicted molar refractivity (Wildman–Crippen MR) is 154 cm³/mol. The van der Waals surface area contributed by atoms with E-state index in [-0.39, 0.29) is 11.9 Å². The lowest BCUT2D eigenvalue weighted by Crippen LogP contribution is -2.45. The fraction of sp³-hybridized carbons (Fsp3) is 0.433. The van der Waals surface area contributed by atoms with Crippen molar-refractivity contribution in [3.05, 3.63) is 59.9 Å². The normalized spacial score (nSPS) is 20.2. The second-order valence-corrected chi connectivity index (χ2v) is 10.7. The van der Waals surface area contributed by atoms with Crippen molar-refractivity contribution in [2.45, 2.75) is 19.1 Å². The van der Waals surface area contributed by atoms with Gasteiger partial charge in [0.15, 0.2) is 0 Å². The average molecular weight is 545 g/mol. The Morgan fingerprint density at radius 1 is 1.07 bits per heavy atom. The largest absolute Gasteiger partial charge is 0.508 e. The number of morpholine rings is 1. The molecule has 4 heterocycles. The SMILES string of the molecule is CN1CCO[C@H](COc2nc3c(c(N4CCN(C=CC=O)CC4)n2)CCN(c2cc(O)cc4ccccc24)C3)C1. The molecule has 0 unspecified atom stereocenters. The molecular weight excluding hydrogens is 508 g/mol. The number of benzene rings is 2. The van der Waals surface area contributed by atoms with Crippen LogP contribution in [0, 0.1) is 0 Å². The van der Waals surface area contributed by atoms with Gasteiger partial charge in [0, 0.05) is 74.7 Å². The Labute approximate surface area is 234 Å². The first-order valence-corrected chi connectivity index (χ1v) is 14.0. The summed E-state index contributed by atoms with van der Waals surface area (Å²) in [6, 6.07) is 12.2. The van der Waals surface area contributed by atoms with Crippen LogP contribution in [0.5, 0.6) is 11.8 Å². The first kappa shape index (κ1) is 26.3. The fourth-order valence-corrected chi connectivity index (χ4v) is 5.83. The number of anilines is 2. The number of nitrogens with zero attached hydrogens (tertiary/aromatic N) is 6. The molecule has 0 spiro atoms. The van der Waals surface area contributed by atoms with Gasteiger partial charge in [-0.05, 0) is 31.0 Å². The number of rotatable bonds is 7. The molecule has 3 aliphatic heterocycles. The number of likely N-dealkylation sites (N-methyl/N-ethyl adjacent to an activating group) is 1. The van der Waals surface area contributed by atoms with E-state index >= 15 is 0 Å². The maximum Gasteiger partial charge on any atom is 0.318 e. The second-order valence-electron chi connectivity index (χ2n) is 10.7. The van der Waals surface area contributed by atoms with Crippen molar-refractivity contribution in [3.63, 3.8) is 0 Å². The van der Waals surface area contributed by atoms with Gasteiger partial charge in [0.05, 0.1) is 18.8 Å². The minimum Gasteiger partial charge on any atom is -0.508 e. The zero-order valence-electron chi connectivity index (χ0n) is 22.9. The highest BCUT2D eigenvalue weighted by molar-refractivity contribution is 5.95. The summed E-state index contributed by atoms with van der Waals surface area (Å²) < 4.78 is 12.1. The van der Waals surface area contributed by atoms with E-state index in [1.54, 1.807) is 12.1 Å². The summed E-state index contributed by atoms with van der Waals surface area (Å²) in [6.45, 7) is 7.42. The molecule has 6 rings (SSSR count). The molecule has 3 aromatic rings. The summed E-state index contributed by atoms with van der Waals surface area (Å²) in [4.78, 5) is 29.6. The van der Waals surface area contributed by atoms with E-state index in [1.807, 2.05) is 30.5 Å². The maximum absolute atomic E-state index is 10.8. The molecule has 210 valence electrons. The standard InChI is InChI=1S/C30H36N6O4/c1-33-14-16-39-24(19-33)21-40-30-31-27-20-36(28-18-23(38)17-22-5-2-3-6-25(22)28)9-7-26(27)29(32-30)35-12-10-34(11-13-35)8-4-15-37/h2-6,8,15,17-18,24,38H,7,9-14,16,19-21H2,1H3/t24-/m0/s1. The van der Waals surface area contributed by atoms with Crippen LogP contribution in [0.15, 0.2) is 48.7 Å². The lowest BCUT2D eigenvalue weighted by Gasteiger charge is -2.38. The van der Waals surface area contributed by atoms with Crippen molar-refractivity contribution in [1.82, 2.24) is 19.8 Å². The first-order chi connectivity index (χ1) is 19.6. The van der Waals surface area contributed by atoms with Gasteiger partial charge in [0.1, 0.15) is 30.6 Å². The van der Waals surface area contributed by atoms with Crippen molar-refractivity contribution < 1.29 is 19.4 Å². The van der Waals surface area contributed by atoms with Gasteiger partial charge in [-0.1, -0.05) is 24.3 Å². The van der Waals surface area contributed by atoms with Crippen LogP contribution in [0.4, 0.5) is 11.5 Å². The monoisotopic (exact) mass is 544 g/mol. The third-order valence-corrected chi connectivity index (χ3v) is 7.92. The molecule has 40 heavy (non-hydrogen) atoms. The summed E-state index contributed by atoms with van der Waals surface area (Å²) in [6.07, 6.45) is 4.97. The number of carbonyl (C=O) groups is 1. The molecule has 0 saturated carbocycles. The van der Waals surface area contributed by atoms with Gasteiger partial charge in [-0.15, -0.1) is 0 Å². The van der Waals surface area contributed by atoms with Crippen molar-refractivity contribution >= 4 is 28.6 Å². The lowest BCUT2D eigenvalue weighted by molar-refractivity contribution is -0.104. The number of aldehydes is 1. The number of hydrogen-bond donors (Lipinski definition) is 1. The van der Waals surface area contributed by atoms with E-state index in [2.05, 4.69) is 32.7 Å². The zero-order chi connectivity index (χ0) is 27.5. The zero-order valence-corrected chi connectivity index (χ0v) is 22.9. The molecule has 2 fully saturated rings. The number of carbonyl (C=O) groups excluding carboxylic acids is 1. The number of phenolic OH excluding ortho intramolecular Hbond substituents is 1.